The maximum absolute atomic E-state index is 12.4. The Kier molecular flexibility index (Phi) is 7.00. The summed E-state index contributed by atoms with van der Waals surface area (Å²) in [7, 11) is 0. The fourth-order valence-electron chi connectivity index (χ4n) is 3.41. The largest absolute Gasteiger partial charge is 0.462 e. The van der Waals surface area contributed by atoms with Crippen LogP contribution >= 0.6 is 0 Å². The lowest BCUT2D eigenvalue weighted by atomic mass is 10.2. The number of carbonyl (C=O) groups is 3. The Bertz CT molecular complexity index is 692. The fraction of sp³-hybridized carbons (Fsp3) is 0.550. The van der Waals surface area contributed by atoms with Crippen LogP contribution in [0.2, 0.25) is 0 Å². The molecule has 0 radical (unpaired) electrons. The van der Waals surface area contributed by atoms with Gasteiger partial charge in [-0.2, -0.15) is 0 Å². The summed E-state index contributed by atoms with van der Waals surface area (Å²) in [6.07, 6.45) is 1.46. The van der Waals surface area contributed by atoms with Gasteiger partial charge in [0.1, 0.15) is 6.10 Å². The van der Waals surface area contributed by atoms with Gasteiger partial charge in [0.05, 0.1) is 18.7 Å². The van der Waals surface area contributed by atoms with Crippen molar-refractivity contribution in [3.8, 4) is 0 Å². The maximum atomic E-state index is 12.4. The van der Waals surface area contributed by atoms with Crippen molar-refractivity contribution < 1.29 is 23.9 Å². The molecular weight excluding hydrogens is 362 g/mol. The van der Waals surface area contributed by atoms with Crippen LogP contribution in [0.4, 0.5) is 5.69 Å². The first kappa shape index (κ1) is 20.3. The molecule has 2 aliphatic rings. The minimum absolute atomic E-state index is 0.0725. The van der Waals surface area contributed by atoms with Gasteiger partial charge in [-0.3, -0.25) is 14.5 Å². The number of hydrogen-bond acceptors (Lipinski definition) is 6. The van der Waals surface area contributed by atoms with E-state index in [0.717, 1.165) is 12.8 Å². The number of nitrogens with one attached hydrogen (secondary N) is 1. The van der Waals surface area contributed by atoms with Gasteiger partial charge in [0, 0.05) is 38.5 Å². The molecule has 1 N–H and O–H groups in total. The molecule has 0 aliphatic carbocycles. The molecule has 0 bridgehead atoms. The summed E-state index contributed by atoms with van der Waals surface area (Å²) < 4.78 is 10.4. The van der Waals surface area contributed by atoms with Gasteiger partial charge in [0.25, 0.3) is 5.91 Å². The van der Waals surface area contributed by atoms with E-state index < -0.39 is 0 Å². The van der Waals surface area contributed by atoms with E-state index in [2.05, 4.69) is 5.32 Å². The van der Waals surface area contributed by atoms with Crippen molar-refractivity contribution in [1.29, 1.82) is 0 Å². The summed E-state index contributed by atoms with van der Waals surface area (Å²) in [5, 5.41) is 2.83. The average Bonchev–Trinajstić information content (AvgIpc) is 3.23. The Morgan fingerprint density at radius 1 is 1.14 bits per heavy atom. The number of carbonyl (C=O) groups excluding carboxylic acids is 3. The van der Waals surface area contributed by atoms with Gasteiger partial charge < -0.3 is 19.7 Å². The van der Waals surface area contributed by atoms with E-state index >= 15 is 0 Å². The SMILES string of the molecule is CCOC(=O)c1ccc(NC(=O)CN2CCN(C(=O)[C@@H]3CCCO3)CC2)cc1. The summed E-state index contributed by atoms with van der Waals surface area (Å²) in [5.41, 5.74) is 1.08. The van der Waals surface area contributed by atoms with Gasteiger partial charge in [0.2, 0.25) is 5.91 Å². The van der Waals surface area contributed by atoms with Gasteiger partial charge >= 0.3 is 5.97 Å². The number of esters is 1. The first-order valence-corrected chi connectivity index (χ1v) is 9.76. The highest BCUT2D eigenvalue weighted by atomic mass is 16.5. The minimum Gasteiger partial charge on any atom is -0.462 e. The lowest BCUT2D eigenvalue weighted by Crippen LogP contribution is -2.52. The Labute approximate surface area is 164 Å². The third-order valence-electron chi connectivity index (χ3n) is 4.94. The number of nitrogens with zero attached hydrogens (tertiary/aromatic N) is 2. The second-order valence-corrected chi connectivity index (χ2v) is 6.95. The second-order valence-electron chi connectivity index (χ2n) is 6.95. The fourth-order valence-corrected chi connectivity index (χ4v) is 3.41. The molecule has 2 heterocycles. The van der Waals surface area contributed by atoms with E-state index in [-0.39, 0.29) is 30.4 Å². The van der Waals surface area contributed by atoms with E-state index in [9.17, 15) is 14.4 Å². The monoisotopic (exact) mass is 389 g/mol. The van der Waals surface area contributed by atoms with E-state index in [4.69, 9.17) is 9.47 Å². The number of hydrogen-bond donors (Lipinski definition) is 1. The molecule has 0 spiro atoms. The van der Waals surface area contributed by atoms with Crippen LogP contribution in [-0.2, 0) is 19.1 Å². The summed E-state index contributed by atoms with van der Waals surface area (Å²) in [5.74, 6) is -0.429. The Morgan fingerprint density at radius 3 is 2.46 bits per heavy atom. The van der Waals surface area contributed by atoms with E-state index in [0.29, 0.717) is 50.6 Å². The zero-order chi connectivity index (χ0) is 19.9. The predicted octanol–water partition coefficient (Wildman–Crippen LogP) is 1.12. The van der Waals surface area contributed by atoms with Crippen molar-refractivity contribution in [1.82, 2.24) is 9.80 Å². The highest BCUT2D eigenvalue weighted by Crippen LogP contribution is 2.16. The highest BCUT2D eigenvalue weighted by Gasteiger charge is 2.30. The van der Waals surface area contributed by atoms with Crippen LogP contribution in [0.3, 0.4) is 0 Å². The third kappa shape index (κ3) is 5.30. The quantitative estimate of drug-likeness (QED) is 0.734. The normalized spacial score (nSPS) is 20.0. The molecule has 3 rings (SSSR count). The minimum atomic E-state index is -0.379. The van der Waals surface area contributed by atoms with Gasteiger partial charge in [-0.25, -0.2) is 4.79 Å². The molecule has 8 heteroatoms. The molecule has 1 aromatic rings. The Balaban J connectivity index is 1.42. The second kappa shape index (κ2) is 9.66. The van der Waals surface area contributed by atoms with Crippen LogP contribution in [0, 0.1) is 0 Å². The van der Waals surface area contributed by atoms with Crippen LogP contribution in [0.1, 0.15) is 30.1 Å². The van der Waals surface area contributed by atoms with Crippen molar-refractivity contribution in [2.75, 3.05) is 51.3 Å². The zero-order valence-electron chi connectivity index (χ0n) is 16.2. The number of benzene rings is 1. The molecule has 28 heavy (non-hydrogen) atoms. The summed E-state index contributed by atoms with van der Waals surface area (Å²) in [4.78, 5) is 40.1. The summed E-state index contributed by atoms with van der Waals surface area (Å²) in [6.45, 7) is 5.55. The number of amides is 2. The molecule has 1 aromatic carbocycles. The number of ether oxygens (including phenoxy) is 2. The molecule has 0 aromatic heterocycles. The molecule has 0 unspecified atom stereocenters. The van der Waals surface area contributed by atoms with E-state index in [1.165, 1.54) is 0 Å². The first-order valence-electron chi connectivity index (χ1n) is 9.76. The van der Waals surface area contributed by atoms with Crippen molar-refractivity contribution in [2.24, 2.45) is 0 Å². The van der Waals surface area contributed by atoms with Crippen molar-refractivity contribution in [2.45, 2.75) is 25.9 Å². The van der Waals surface area contributed by atoms with Gasteiger partial charge in [-0.05, 0) is 44.0 Å². The van der Waals surface area contributed by atoms with Crippen LogP contribution < -0.4 is 5.32 Å². The van der Waals surface area contributed by atoms with Crippen LogP contribution in [-0.4, -0.2) is 79.6 Å². The van der Waals surface area contributed by atoms with Gasteiger partial charge in [-0.15, -0.1) is 0 Å². The molecule has 2 saturated heterocycles. The van der Waals surface area contributed by atoms with E-state index in [1.54, 1.807) is 31.2 Å². The predicted molar refractivity (Wildman–Crippen MR) is 103 cm³/mol. The molecule has 2 amide bonds. The number of rotatable bonds is 6. The molecular formula is C20H27N3O5. The average molecular weight is 389 g/mol. The van der Waals surface area contributed by atoms with Crippen molar-refractivity contribution in [3.63, 3.8) is 0 Å². The molecule has 0 saturated carbocycles. The molecule has 2 aliphatic heterocycles. The lowest BCUT2D eigenvalue weighted by molar-refractivity contribution is -0.142. The van der Waals surface area contributed by atoms with Gasteiger partial charge in [0.15, 0.2) is 0 Å². The summed E-state index contributed by atoms with van der Waals surface area (Å²) in [6, 6.07) is 6.62. The summed E-state index contributed by atoms with van der Waals surface area (Å²) >= 11 is 0. The molecule has 2 fully saturated rings. The standard InChI is InChI=1S/C20H27N3O5/c1-2-27-20(26)15-5-7-16(8-6-15)21-18(24)14-22-9-11-23(12-10-22)19(25)17-4-3-13-28-17/h5-8,17H,2-4,9-14H2,1H3,(H,21,24)/t17-/m0/s1. The topological polar surface area (TPSA) is 88.2 Å². The van der Waals surface area contributed by atoms with Crippen LogP contribution in [0.25, 0.3) is 0 Å². The third-order valence-corrected chi connectivity index (χ3v) is 4.94. The van der Waals surface area contributed by atoms with Crippen molar-refractivity contribution >= 4 is 23.5 Å². The van der Waals surface area contributed by atoms with E-state index in [1.807, 2.05) is 9.80 Å². The first-order chi connectivity index (χ1) is 13.6. The number of anilines is 1. The zero-order valence-corrected chi connectivity index (χ0v) is 16.2. The van der Waals surface area contributed by atoms with Crippen molar-refractivity contribution in [3.05, 3.63) is 29.8 Å². The van der Waals surface area contributed by atoms with Crippen LogP contribution in [0.15, 0.2) is 24.3 Å². The van der Waals surface area contributed by atoms with Crippen LogP contribution in [0.5, 0.6) is 0 Å². The Morgan fingerprint density at radius 2 is 1.86 bits per heavy atom. The smallest absolute Gasteiger partial charge is 0.338 e. The van der Waals surface area contributed by atoms with Gasteiger partial charge in [-0.1, -0.05) is 0 Å². The molecule has 152 valence electrons. The molecule has 8 nitrogen and oxygen atoms in total. The highest BCUT2D eigenvalue weighted by molar-refractivity contribution is 5.94. The lowest BCUT2D eigenvalue weighted by Gasteiger charge is -2.35. The maximum Gasteiger partial charge on any atom is 0.338 e. The molecule has 1 atom stereocenters. The Hall–Kier alpha value is -2.45. The number of piperazine rings is 1.